The van der Waals surface area contributed by atoms with Gasteiger partial charge in [-0.05, 0) is 23.6 Å². The average Bonchev–Trinajstić information content (AvgIpc) is 3.37. The molecule has 6 nitrogen and oxygen atoms in total. The lowest BCUT2D eigenvalue weighted by Crippen LogP contribution is -2.32. The molecular weight excluding hydrogens is 426 g/mol. The zero-order chi connectivity index (χ0) is 22.1. The van der Waals surface area contributed by atoms with E-state index >= 15 is 0 Å². The van der Waals surface area contributed by atoms with E-state index in [0.717, 1.165) is 17.0 Å². The summed E-state index contributed by atoms with van der Waals surface area (Å²) < 4.78 is 37.5. The fourth-order valence-corrected chi connectivity index (χ4v) is 3.94. The number of methoxy groups -OCH3 is 2. The highest BCUT2D eigenvalue weighted by Crippen LogP contribution is 2.38. The van der Waals surface area contributed by atoms with Crippen LogP contribution < -0.4 is 19.7 Å². The highest BCUT2D eigenvalue weighted by molar-refractivity contribution is 7.11. The number of thiophene rings is 1. The molecule has 1 aliphatic rings. The Morgan fingerprint density at radius 3 is 2.19 bits per heavy atom. The first kappa shape index (κ1) is 20.5. The number of nitrogens with one attached hydrogen (secondary N) is 1. The number of imide groups is 1. The van der Waals surface area contributed by atoms with E-state index in [2.05, 4.69) is 5.32 Å². The van der Waals surface area contributed by atoms with Gasteiger partial charge in [-0.3, -0.25) is 9.59 Å². The van der Waals surface area contributed by atoms with Crippen LogP contribution in [0.5, 0.6) is 11.5 Å². The predicted octanol–water partition coefficient (Wildman–Crippen LogP) is 4.44. The summed E-state index contributed by atoms with van der Waals surface area (Å²) in [6.45, 7) is 0. The Labute approximate surface area is 180 Å². The number of anilines is 2. The third-order valence-electron chi connectivity index (χ3n) is 4.63. The van der Waals surface area contributed by atoms with Crippen molar-refractivity contribution in [2.45, 2.75) is 0 Å². The van der Waals surface area contributed by atoms with Gasteiger partial charge in [0.05, 0.1) is 25.5 Å². The minimum atomic E-state index is -1.07. The van der Waals surface area contributed by atoms with Gasteiger partial charge in [0, 0.05) is 34.8 Å². The van der Waals surface area contributed by atoms with Crippen molar-refractivity contribution in [3.8, 4) is 11.5 Å². The van der Waals surface area contributed by atoms with Gasteiger partial charge in [-0.2, -0.15) is 0 Å². The van der Waals surface area contributed by atoms with Crippen molar-refractivity contribution in [3.05, 3.63) is 76.1 Å². The monoisotopic (exact) mass is 442 g/mol. The summed E-state index contributed by atoms with van der Waals surface area (Å²) in [6.07, 6.45) is 0. The van der Waals surface area contributed by atoms with Crippen molar-refractivity contribution in [1.82, 2.24) is 0 Å². The molecule has 1 aromatic heterocycles. The standard InChI is InChI=1S/C22H16F2N2O4S/c1-29-14-9-13(10-15(11-14)30-2)26-21(27)19(18-4-3-7-31-18)20(22(26)28)25-12-5-6-16(23)17(24)8-12/h3-11,25H,1-2H3. The average molecular weight is 442 g/mol. The molecule has 9 heteroatoms. The van der Waals surface area contributed by atoms with E-state index in [1.165, 1.54) is 43.8 Å². The second-order valence-corrected chi connectivity index (χ2v) is 7.45. The fourth-order valence-electron chi connectivity index (χ4n) is 3.17. The van der Waals surface area contributed by atoms with Crippen molar-refractivity contribution >= 4 is 40.1 Å². The molecule has 0 bridgehead atoms. The Kier molecular flexibility index (Phi) is 5.43. The third kappa shape index (κ3) is 3.75. The molecule has 0 spiro atoms. The van der Waals surface area contributed by atoms with E-state index in [0.29, 0.717) is 16.4 Å². The molecule has 4 rings (SSSR count). The number of carbonyl (C=O) groups is 2. The lowest BCUT2D eigenvalue weighted by molar-refractivity contribution is -0.120. The number of benzene rings is 2. The number of carbonyl (C=O) groups excluding carboxylic acids is 2. The Bertz CT molecular complexity index is 1190. The molecule has 3 aromatic rings. The van der Waals surface area contributed by atoms with Crippen LogP contribution in [-0.4, -0.2) is 26.0 Å². The van der Waals surface area contributed by atoms with Gasteiger partial charge in [-0.1, -0.05) is 6.07 Å². The van der Waals surface area contributed by atoms with Crippen LogP contribution in [0, 0.1) is 11.6 Å². The summed E-state index contributed by atoms with van der Waals surface area (Å²) in [7, 11) is 2.91. The molecule has 0 aliphatic carbocycles. The van der Waals surface area contributed by atoms with Crippen LogP contribution in [0.15, 0.2) is 59.6 Å². The molecule has 0 fully saturated rings. The first-order valence-electron chi connectivity index (χ1n) is 9.05. The predicted molar refractivity (Wildman–Crippen MR) is 113 cm³/mol. The molecule has 158 valence electrons. The van der Waals surface area contributed by atoms with E-state index in [9.17, 15) is 18.4 Å². The molecule has 0 saturated heterocycles. The summed E-state index contributed by atoms with van der Waals surface area (Å²) in [5.74, 6) is -2.50. The summed E-state index contributed by atoms with van der Waals surface area (Å²) >= 11 is 1.28. The highest BCUT2D eigenvalue weighted by Gasteiger charge is 2.41. The van der Waals surface area contributed by atoms with E-state index < -0.39 is 23.4 Å². The first-order valence-corrected chi connectivity index (χ1v) is 9.93. The Morgan fingerprint density at radius 1 is 0.903 bits per heavy atom. The van der Waals surface area contributed by atoms with Gasteiger partial charge in [0.15, 0.2) is 11.6 Å². The maximum absolute atomic E-state index is 13.7. The van der Waals surface area contributed by atoms with E-state index in [4.69, 9.17) is 9.47 Å². The third-order valence-corrected chi connectivity index (χ3v) is 5.52. The minimum Gasteiger partial charge on any atom is -0.497 e. The summed E-state index contributed by atoms with van der Waals surface area (Å²) in [4.78, 5) is 28.2. The maximum Gasteiger partial charge on any atom is 0.282 e. The number of hydrogen-bond acceptors (Lipinski definition) is 6. The SMILES string of the molecule is COc1cc(OC)cc(N2C(=O)C(Nc3ccc(F)c(F)c3)=C(c3cccs3)C2=O)c1. The Morgan fingerprint density at radius 2 is 1.61 bits per heavy atom. The summed E-state index contributed by atoms with van der Waals surface area (Å²) in [6, 6.07) is 11.3. The molecule has 2 heterocycles. The first-order chi connectivity index (χ1) is 14.9. The number of rotatable bonds is 6. The number of ether oxygens (including phenoxy) is 2. The molecule has 0 radical (unpaired) electrons. The van der Waals surface area contributed by atoms with Crippen LogP contribution in [0.25, 0.3) is 5.57 Å². The quantitative estimate of drug-likeness (QED) is 0.572. The highest BCUT2D eigenvalue weighted by atomic mass is 32.1. The Hall–Kier alpha value is -3.72. The molecule has 2 aromatic carbocycles. The van der Waals surface area contributed by atoms with Gasteiger partial charge in [-0.25, -0.2) is 13.7 Å². The molecule has 0 unspecified atom stereocenters. The molecule has 1 aliphatic heterocycles. The molecule has 31 heavy (non-hydrogen) atoms. The van der Waals surface area contributed by atoms with Gasteiger partial charge in [-0.15, -0.1) is 11.3 Å². The fraction of sp³-hybridized carbons (Fsp3) is 0.0909. The van der Waals surface area contributed by atoms with Crippen LogP contribution in [0.4, 0.5) is 20.2 Å². The van der Waals surface area contributed by atoms with Gasteiger partial charge < -0.3 is 14.8 Å². The number of hydrogen-bond donors (Lipinski definition) is 1. The van der Waals surface area contributed by atoms with Gasteiger partial charge in [0.25, 0.3) is 11.8 Å². The normalized spacial score (nSPS) is 13.7. The number of nitrogens with zero attached hydrogens (tertiary/aromatic N) is 1. The second-order valence-electron chi connectivity index (χ2n) is 6.50. The van der Waals surface area contributed by atoms with Crippen molar-refractivity contribution in [1.29, 1.82) is 0 Å². The smallest absolute Gasteiger partial charge is 0.282 e. The van der Waals surface area contributed by atoms with Crippen LogP contribution in [0.3, 0.4) is 0 Å². The van der Waals surface area contributed by atoms with Crippen molar-refractivity contribution in [2.75, 3.05) is 24.4 Å². The van der Waals surface area contributed by atoms with Crippen LogP contribution in [0.1, 0.15) is 4.88 Å². The zero-order valence-corrected chi connectivity index (χ0v) is 17.3. The molecule has 0 saturated carbocycles. The lowest BCUT2D eigenvalue weighted by atomic mass is 10.2. The van der Waals surface area contributed by atoms with E-state index in [-0.39, 0.29) is 22.6 Å². The summed E-state index contributed by atoms with van der Waals surface area (Å²) in [5.41, 5.74) is 0.475. The van der Waals surface area contributed by atoms with Gasteiger partial charge >= 0.3 is 0 Å². The zero-order valence-electron chi connectivity index (χ0n) is 16.4. The summed E-state index contributed by atoms with van der Waals surface area (Å²) in [5, 5.41) is 4.56. The van der Waals surface area contributed by atoms with E-state index in [1.54, 1.807) is 23.6 Å². The number of halogens is 2. The van der Waals surface area contributed by atoms with Crippen molar-refractivity contribution in [2.24, 2.45) is 0 Å². The molecular formula is C22H16F2N2O4S. The van der Waals surface area contributed by atoms with Gasteiger partial charge in [0.1, 0.15) is 17.2 Å². The topological polar surface area (TPSA) is 67.9 Å². The van der Waals surface area contributed by atoms with Crippen LogP contribution >= 0.6 is 11.3 Å². The van der Waals surface area contributed by atoms with Crippen molar-refractivity contribution in [3.63, 3.8) is 0 Å². The molecule has 0 atom stereocenters. The van der Waals surface area contributed by atoms with Crippen LogP contribution in [0.2, 0.25) is 0 Å². The largest absolute Gasteiger partial charge is 0.497 e. The lowest BCUT2D eigenvalue weighted by Gasteiger charge is -2.17. The maximum atomic E-state index is 13.7. The minimum absolute atomic E-state index is 0.0414. The second kappa shape index (κ2) is 8.19. The molecule has 1 N–H and O–H groups in total. The van der Waals surface area contributed by atoms with Gasteiger partial charge in [0.2, 0.25) is 0 Å². The number of amides is 2. The van der Waals surface area contributed by atoms with Crippen LogP contribution in [-0.2, 0) is 9.59 Å². The van der Waals surface area contributed by atoms with Crippen molar-refractivity contribution < 1.29 is 27.8 Å². The van der Waals surface area contributed by atoms with E-state index in [1.807, 2.05) is 0 Å². The Balaban J connectivity index is 1.80. The molecule has 2 amide bonds.